The van der Waals surface area contributed by atoms with Gasteiger partial charge in [0.25, 0.3) is 5.95 Å². The smallest absolute Gasteiger partial charge is 0.258 e. The van der Waals surface area contributed by atoms with E-state index in [1.165, 1.54) is 11.8 Å². The zero-order valence-corrected chi connectivity index (χ0v) is 17.0. The zero-order chi connectivity index (χ0) is 19.8. The number of benzene rings is 1. The molecule has 0 atom stereocenters. The SMILES string of the molecule is CCNc1nc(NC(C)C)nc(-n2cnc(SCCOc3ccccc3)n2)n1. The van der Waals surface area contributed by atoms with Crippen LogP contribution < -0.4 is 15.4 Å². The van der Waals surface area contributed by atoms with Crippen LogP contribution >= 0.6 is 11.8 Å². The van der Waals surface area contributed by atoms with Gasteiger partial charge in [-0.25, -0.2) is 4.98 Å². The number of para-hydroxylation sites is 1. The van der Waals surface area contributed by atoms with Crippen LogP contribution in [0, 0.1) is 0 Å². The first-order valence-electron chi connectivity index (χ1n) is 9.13. The van der Waals surface area contributed by atoms with Crippen molar-refractivity contribution in [3.63, 3.8) is 0 Å². The molecule has 2 N–H and O–H groups in total. The predicted molar refractivity (Wildman–Crippen MR) is 110 cm³/mol. The first-order chi connectivity index (χ1) is 13.6. The lowest BCUT2D eigenvalue weighted by Crippen LogP contribution is -2.16. The molecule has 0 aliphatic heterocycles. The van der Waals surface area contributed by atoms with Crippen molar-refractivity contribution in [2.24, 2.45) is 0 Å². The molecule has 0 aliphatic rings. The fraction of sp³-hybridized carbons (Fsp3) is 0.389. The van der Waals surface area contributed by atoms with Crippen LogP contribution in [0.4, 0.5) is 11.9 Å². The molecular formula is C18H24N8OS. The molecule has 0 spiro atoms. The Bertz CT molecular complexity index is 871. The highest BCUT2D eigenvalue weighted by Gasteiger charge is 2.11. The number of anilines is 2. The van der Waals surface area contributed by atoms with Gasteiger partial charge in [0, 0.05) is 18.3 Å². The number of aromatic nitrogens is 6. The van der Waals surface area contributed by atoms with E-state index in [9.17, 15) is 0 Å². The first-order valence-corrected chi connectivity index (χ1v) is 10.1. The van der Waals surface area contributed by atoms with Crippen LogP contribution in [-0.2, 0) is 0 Å². The summed E-state index contributed by atoms with van der Waals surface area (Å²) >= 11 is 1.51. The number of rotatable bonds is 10. The summed E-state index contributed by atoms with van der Waals surface area (Å²) in [6.45, 7) is 7.32. The number of nitrogens with one attached hydrogen (secondary N) is 2. The summed E-state index contributed by atoms with van der Waals surface area (Å²) in [6, 6.07) is 9.93. The summed E-state index contributed by atoms with van der Waals surface area (Å²) in [5, 5.41) is 11.4. The molecule has 0 aliphatic carbocycles. The van der Waals surface area contributed by atoms with Crippen molar-refractivity contribution in [1.29, 1.82) is 0 Å². The van der Waals surface area contributed by atoms with E-state index in [-0.39, 0.29) is 6.04 Å². The second kappa shape index (κ2) is 9.88. The third-order valence-corrected chi connectivity index (χ3v) is 4.19. The van der Waals surface area contributed by atoms with Crippen LogP contribution in [0.1, 0.15) is 20.8 Å². The highest BCUT2D eigenvalue weighted by molar-refractivity contribution is 7.99. The van der Waals surface area contributed by atoms with E-state index >= 15 is 0 Å². The molecule has 10 heteroatoms. The monoisotopic (exact) mass is 400 g/mol. The van der Waals surface area contributed by atoms with Gasteiger partial charge in [-0.3, -0.25) is 0 Å². The van der Waals surface area contributed by atoms with E-state index in [0.717, 1.165) is 11.5 Å². The van der Waals surface area contributed by atoms with Gasteiger partial charge in [0.05, 0.1) is 6.61 Å². The van der Waals surface area contributed by atoms with E-state index in [4.69, 9.17) is 4.74 Å². The average molecular weight is 401 g/mol. The van der Waals surface area contributed by atoms with Gasteiger partial charge in [-0.05, 0) is 32.9 Å². The molecule has 3 rings (SSSR count). The van der Waals surface area contributed by atoms with E-state index in [1.807, 2.05) is 51.1 Å². The average Bonchev–Trinajstić information content (AvgIpc) is 3.15. The molecular weight excluding hydrogens is 376 g/mol. The number of hydrogen-bond acceptors (Lipinski definition) is 9. The molecule has 2 aromatic heterocycles. The maximum absolute atomic E-state index is 5.68. The second-order valence-electron chi connectivity index (χ2n) is 6.09. The second-order valence-corrected chi connectivity index (χ2v) is 7.16. The Kier molecular flexibility index (Phi) is 7.01. The Morgan fingerprint density at radius 1 is 1.11 bits per heavy atom. The molecule has 0 radical (unpaired) electrons. The van der Waals surface area contributed by atoms with Crippen molar-refractivity contribution in [3.05, 3.63) is 36.7 Å². The standard InChI is InChI=1S/C18H24N8OS/c1-4-19-15-22-16(21-13(2)3)24-17(23-15)26-12-20-18(25-26)28-11-10-27-14-8-6-5-7-9-14/h5-9,12-13H,4,10-11H2,1-3H3,(H2,19,21,22,23,24). The zero-order valence-electron chi connectivity index (χ0n) is 16.2. The molecule has 148 valence electrons. The van der Waals surface area contributed by atoms with Gasteiger partial charge in [-0.15, -0.1) is 5.10 Å². The lowest BCUT2D eigenvalue weighted by molar-refractivity contribution is 0.344. The molecule has 0 saturated heterocycles. The fourth-order valence-corrected chi connectivity index (χ4v) is 2.86. The molecule has 2 heterocycles. The minimum absolute atomic E-state index is 0.205. The van der Waals surface area contributed by atoms with Gasteiger partial charge in [0.1, 0.15) is 12.1 Å². The Labute approximate surface area is 168 Å². The number of ether oxygens (including phenoxy) is 1. The molecule has 0 amide bonds. The fourth-order valence-electron chi connectivity index (χ4n) is 2.25. The van der Waals surface area contributed by atoms with Gasteiger partial charge in [0.2, 0.25) is 17.1 Å². The van der Waals surface area contributed by atoms with Crippen molar-refractivity contribution in [3.8, 4) is 11.7 Å². The molecule has 9 nitrogen and oxygen atoms in total. The van der Waals surface area contributed by atoms with Crippen LogP contribution in [-0.4, -0.2) is 54.7 Å². The Hall–Kier alpha value is -2.88. The van der Waals surface area contributed by atoms with Crippen molar-refractivity contribution >= 4 is 23.7 Å². The number of nitrogens with zero attached hydrogens (tertiary/aromatic N) is 6. The lowest BCUT2D eigenvalue weighted by Gasteiger charge is -2.11. The number of thioether (sulfide) groups is 1. The molecule has 0 fully saturated rings. The van der Waals surface area contributed by atoms with Crippen molar-refractivity contribution < 1.29 is 4.74 Å². The summed E-state index contributed by atoms with van der Waals surface area (Å²) in [7, 11) is 0. The van der Waals surface area contributed by atoms with Gasteiger partial charge < -0.3 is 15.4 Å². The van der Waals surface area contributed by atoms with Gasteiger partial charge >= 0.3 is 0 Å². The maximum atomic E-state index is 5.68. The summed E-state index contributed by atoms with van der Waals surface area (Å²) < 4.78 is 7.23. The van der Waals surface area contributed by atoms with E-state index in [2.05, 4.69) is 35.7 Å². The van der Waals surface area contributed by atoms with Crippen LogP contribution in [0.5, 0.6) is 5.75 Å². The van der Waals surface area contributed by atoms with Gasteiger partial charge in [0.15, 0.2) is 0 Å². The molecule has 0 saturated carbocycles. The highest BCUT2D eigenvalue weighted by atomic mass is 32.2. The van der Waals surface area contributed by atoms with Crippen LogP contribution in [0.15, 0.2) is 41.8 Å². The van der Waals surface area contributed by atoms with Crippen LogP contribution in [0.3, 0.4) is 0 Å². The largest absolute Gasteiger partial charge is 0.493 e. The van der Waals surface area contributed by atoms with Crippen molar-refractivity contribution in [2.45, 2.75) is 32.0 Å². The third kappa shape index (κ3) is 5.81. The maximum Gasteiger partial charge on any atom is 0.258 e. The van der Waals surface area contributed by atoms with E-state index < -0.39 is 0 Å². The molecule has 0 unspecified atom stereocenters. The van der Waals surface area contributed by atoms with Crippen LogP contribution in [0.2, 0.25) is 0 Å². The molecule has 3 aromatic rings. The summed E-state index contributed by atoms with van der Waals surface area (Å²) in [5.41, 5.74) is 0. The minimum atomic E-state index is 0.205. The molecule has 0 bridgehead atoms. The normalized spacial score (nSPS) is 10.9. The van der Waals surface area contributed by atoms with Gasteiger partial charge in [-0.1, -0.05) is 30.0 Å². The minimum Gasteiger partial charge on any atom is -0.493 e. The lowest BCUT2D eigenvalue weighted by atomic mass is 10.3. The van der Waals surface area contributed by atoms with Crippen molar-refractivity contribution in [1.82, 2.24) is 29.7 Å². The van der Waals surface area contributed by atoms with Crippen LogP contribution in [0.25, 0.3) is 5.95 Å². The Morgan fingerprint density at radius 2 is 1.89 bits per heavy atom. The van der Waals surface area contributed by atoms with Crippen molar-refractivity contribution in [2.75, 3.05) is 29.5 Å². The molecule has 28 heavy (non-hydrogen) atoms. The highest BCUT2D eigenvalue weighted by Crippen LogP contribution is 2.15. The number of hydrogen-bond donors (Lipinski definition) is 2. The topological polar surface area (TPSA) is 103 Å². The third-order valence-electron chi connectivity index (χ3n) is 3.38. The summed E-state index contributed by atoms with van der Waals surface area (Å²) in [4.78, 5) is 17.5. The van der Waals surface area contributed by atoms with E-state index in [0.29, 0.717) is 36.2 Å². The Balaban J connectivity index is 1.62. The van der Waals surface area contributed by atoms with E-state index in [1.54, 1.807) is 11.0 Å². The quantitative estimate of drug-likeness (QED) is 0.393. The first kappa shape index (κ1) is 19.9. The summed E-state index contributed by atoms with van der Waals surface area (Å²) in [6.07, 6.45) is 1.60. The van der Waals surface area contributed by atoms with Gasteiger partial charge in [-0.2, -0.15) is 19.6 Å². The predicted octanol–water partition coefficient (Wildman–Crippen LogP) is 2.88. The Morgan fingerprint density at radius 3 is 2.64 bits per heavy atom. The molecule has 1 aromatic carbocycles. The summed E-state index contributed by atoms with van der Waals surface area (Å²) in [5.74, 6) is 2.99.